The van der Waals surface area contributed by atoms with Gasteiger partial charge in [-0.25, -0.2) is 0 Å². The van der Waals surface area contributed by atoms with E-state index in [9.17, 15) is 0 Å². The maximum atomic E-state index is 3.62. The summed E-state index contributed by atoms with van der Waals surface area (Å²) in [5.74, 6) is 1.71. The van der Waals surface area contributed by atoms with Crippen LogP contribution >= 0.6 is 43.2 Å². The molecule has 4 heteroatoms. The SMILES string of the molecule is Brc1cc(C2CC2CNC2CC2)sc1Br. The Labute approximate surface area is 111 Å². The highest BCUT2D eigenvalue weighted by molar-refractivity contribution is 9.13. The normalized spacial score (nSPS) is 29.5. The van der Waals surface area contributed by atoms with E-state index in [4.69, 9.17) is 0 Å². The third-order valence-electron chi connectivity index (χ3n) is 3.20. The molecular weight excluding hydrogens is 338 g/mol. The van der Waals surface area contributed by atoms with E-state index in [1.807, 2.05) is 11.3 Å². The standard InChI is InChI=1S/C11H13Br2NS/c12-9-4-10(15-11(9)13)8-3-6(8)5-14-7-1-2-7/h4,6-8,14H,1-3,5H2. The van der Waals surface area contributed by atoms with E-state index in [-0.39, 0.29) is 0 Å². The Kier molecular flexibility index (Phi) is 2.96. The molecule has 1 aromatic heterocycles. The molecule has 0 spiro atoms. The van der Waals surface area contributed by atoms with Gasteiger partial charge in [-0.05, 0) is 75.6 Å². The van der Waals surface area contributed by atoms with Gasteiger partial charge in [0.05, 0.1) is 3.79 Å². The minimum Gasteiger partial charge on any atom is -0.314 e. The van der Waals surface area contributed by atoms with Gasteiger partial charge in [-0.2, -0.15) is 0 Å². The second-order valence-electron chi connectivity index (χ2n) is 4.56. The van der Waals surface area contributed by atoms with Crippen LogP contribution in [0.15, 0.2) is 14.3 Å². The summed E-state index contributed by atoms with van der Waals surface area (Å²) >= 11 is 8.99. The van der Waals surface area contributed by atoms with Gasteiger partial charge in [0, 0.05) is 15.4 Å². The Morgan fingerprint density at radius 3 is 2.80 bits per heavy atom. The molecule has 1 nitrogen and oxygen atoms in total. The van der Waals surface area contributed by atoms with Crippen molar-refractivity contribution in [3.05, 3.63) is 19.2 Å². The number of thiophene rings is 1. The van der Waals surface area contributed by atoms with Crippen molar-refractivity contribution < 1.29 is 0 Å². The molecule has 3 rings (SSSR count). The molecule has 0 aromatic carbocycles. The van der Waals surface area contributed by atoms with Crippen molar-refractivity contribution >= 4 is 43.2 Å². The molecule has 0 radical (unpaired) electrons. The molecule has 2 unspecified atom stereocenters. The molecule has 2 atom stereocenters. The zero-order valence-electron chi connectivity index (χ0n) is 8.30. The quantitative estimate of drug-likeness (QED) is 0.860. The van der Waals surface area contributed by atoms with Crippen LogP contribution in [-0.2, 0) is 0 Å². The van der Waals surface area contributed by atoms with E-state index >= 15 is 0 Å². The number of rotatable bonds is 4. The molecule has 0 bridgehead atoms. The zero-order valence-corrected chi connectivity index (χ0v) is 12.3. The first-order valence-electron chi connectivity index (χ1n) is 5.42. The summed E-state index contributed by atoms with van der Waals surface area (Å²) in [6, 6.07) is 3.13. The van der Waals surface area contributed by atoms with Crippen LogP contribution in [0.5, 0.6) is 0 Å². The minimum absolute atomic E-state index is 0.823. The van der Waals surface area contributed by atoms with Crippen molar-refractivity contribution in [3.8, 4) is 0 Å². The molecule has 0 saturated heterocycles. The largest absolute Gasteiger partial charge is 0.314 e. The fourth-order valence-electron chi connectivity index (χ4n) is 1.97. The van der Waals surface area contributed by atoms with Gasteiger partial charge in [-0.3, -0.25) is 0 Å². The monoisotopic (exact) mass is 349 g/mol. The summed E-state index contributed by atoms with van der Waals surface area (Å²) in [6.07, 6.45) is 4.17. The molecule has 1 aromatic rings. The average Bonchev–Trinajstić information content (AvgIpc) is 3.10. The Morgan fingerprint density at radius 2 is 2.20 bits per heavy atom. The van der Waals surface area contributed by atoms with Crippen LogP contribution in [0.3, 0.4) is 0 Å². The van der Waals surface area contributed by atoms with Gasteiger partial charge >= 0.3 is 0 Å². The second-order valence-corrected chi connectivity index (χ2v) is 7.81. The summed E-state index contributed by atoms with van der Waals surface area (Å²) in [4.78, 5) is 1.54. The summed E-state index contributed by atoms with van der Waals surface area (Å²) in [5.41, 5.74) is 0. The molecule has 1 heterocycles. The topological polar surface area (TPSA) is 12.0 Å². The third-order valence-corrected chi connectivity index (χ3v) is 6.59. The van der Waals surface area contributed by atoms with Gasteiger partial charge in [0.1, 0.15) is 0 Å². The highest BCUT2D eigenvalue weighted by atomic mass is 79.9. The summed E-state index contributed by atoms with van der Waals surface area (Å²) in [7, 11) is 0. The predicted molar refractivity (Wildman–Crippen MR) is 71.6 cm³/mol. The van der Waals surface area contributed by atoms with Gasteiger partial charge < -0.3 is 5.32 Å². The molecular formula is C11H13Br2NS. The lowest BCUT2D eigenvalue weighted by atomic mass is 10.2. The fraction of sp³-hybridized carbons (Fsp3) is 0.636. The molecule has 2 aliphatic carbocycles. The van der Waals surface area contributed by atoms with Crippen molar-refractivity contribution in [1.82, 2.24) is 5.32 Å². The first kappa shape index (κ1) is 10.8. The van der Waals surface area contributed by atoms with Crippen LogP contribution < -0.4 is 5.32 Å². The predicted octanol–water partition coefficient (Wildman–Crippen LogP) is 4.13. The van der Waals surface area contributed by atoms with E-state index in [1.165, 1.54) is 38.9 Å². The van der Waals surface area contributed by atoms with Crippen molar-refractivity contribution in [2.75, 3.05) is 6.54 Å². The van der Waals surface area contributed by atoms with Crippen LogP contribution in [-0.4, -0.2) is 12.6 Å². The van der Waals surface area contributed by atoms with Crippen LogP contribution in [0.1, 0.15) is 30.1 Å². The van der Waals surface area contributed by atoms with E-state index < -0.39 is 0 Å². The molecule has 82 valence electrons. The maximum Gasteiger partial charge on any atom is 0.0843 e. The molecule has 0 amide bonds. The van der Waals surface area contributed by atoms with E-state index in [0.717, 1.165) is 17.9 Å². The van der Waals surface area contributed by atoms with Gasteiger partial charge in [-0.15, -0.1) is 11.3 Å². The Balaban J connectivity index is 1.56. The van der Waals surface area contributed by atoms with E-state index in [1.54, 1.807) is 0 Å². The van der Waals surface area contributed by atoms with E-state index in [2.05, 4.69) is 43.2 Å². The first-order valence-corrected chi connectivity index (χ1v) is 7.82. The lowest BCUT2D eigenvalue weighted by Crippen LogP contribution is -2.19. The third kappa shape index (κ3) is 2.48. The van der Waals surface area contributed by atoms with Crippen LogP contribution in [0, 0.1) is 5.92 Å². The van der Waals surface area contributed by atoms with Gasteiger partial charge in [0.15, 0.2) is 0 Å². The van der Waals surface area contributed by atoms with Crippen molar-refractivity contribution in [2.45, 2.75) is 31.2 Å². The van der Waals surface area contributed by atoms with Crippen molar-refractivity contribution in [1.29, 1.82) is 0 Å². The number of hydrogen-bond acceptors (Lipinski definition) is 2. The lowest BCUT2D eigenvalue weighted by molar-refractivity contribution is 0.625. The smallest absolute Gasteiger partial charge is 0.0843 e. The minimum atomic E-state index is 0.823. The number of halogens is 2. The van der Waals surface area contributed by atoms with Crippen molar-refractivity contribution in [2.24, 2.45) is 5.92 Å². The fourth-order valence-corrected chi connectivity index (χ4v) is 4.27. The van der Waals surface area contributed by atoms with Gasteiger partial charge in [0.25, 0.3) is 0 Å². The Hall–Kier alpha value is 0.620. The summed E-state index contributed by atoms with van der Waals surface area (Å²) in [5, 5.41) is 3.62. The first-order chi connectivity index (χ1) is 7.24. The Morgan fingerprint density at radius 1 is 1.40 bits per heavy atom. The highest BCUT2D eigenvalue weighted by Gasteiger charge is 2.40. The van der Waals surface area contributed by atoms with Crippen molar-refractivity contribution in [3.63, 3.8) is 0 Å². The lowest BCUT2D eigenvalue weighted by Gasteiger charge is -1.99. The van der Waals surface area contributed by atoms with Gasteiger partial charge in [0.2, 0.25) is 0 Å². The Bertz CT molecular complexity index is 353. The highest BCUT2D eigenvalue weighted by Crippen LogP contribution is 2.51. The van der Waals surface area contributed by atoms with E-state index in [0.29, 0.717) is 0 Å². The second kappa shape index (κ2) is 4.13. The zero-order chi connectivity index (χ0) is 10.4. The number of nitrogens with one attached hydrogen (secondary N) is 1. The van der Waals surface area contributed by atoms with Crippen LogP contribution in [0.2, 0.25) is 0 Å². The van der Waals surface area contributed by atoms with Crippen LogP contribution in [0.4, 0.5) is 0 Å². The number of hydrogen-bond donors (Lipinski definition) is 1. The molecule has 1 N–H and O–H groups in total. The summed E-state index contributed by atoms with van der Waals surface area (Å²) < 4.78 is 2.45. The molecule has 2 saturated carbocycles. The van der Waals surface area contributed by atoms with Gasteiger partial charge in [-0.1, -0.05) is 0 Å². The molecule has 2 fully saturated rings. The molecule has 2 aliphatic rings. The summed E-state index contributed by atoms with van der Waals surface area (Å²) in [6.45, 7) is 1.22. The molecule has 0 aliphatic heterocycles. The maximum absolute atomic E-state index is 3.62. The molecule has 15 heavy (non-hydrogen) atoms. The van der Waals surface area contributed by atoms with Crippen LogP contribution in [0.25, 0.3) is 0 Å². The average molecular weight is 351 g/mol.